The summed E-state index contributed by atoms with van der Waals surface area (Å²) in [6.45, 7) is 11.4. The molecule has 1 atom stereocenters. The van der Waals surface area contributed by atoms with E-state index in [1.807, 2.05) is 32.3 Å². The molecule has 6 nitrogen and oxygen atoms in total. The van der Waals surface area contributed by atoms with Crippen LogP contribution < -0.4 is 5.32 Å². The number of amides is 1. The van der Waals surface area contributed by atoms with Crippen molar-refractivity contribution < 1.29 is 9.53 Å². The lowest BCUT2D eigenvalue weighted by Gasteiger charge is -2.19. The Morgan fingerprint density at radius 1 is 1.42 bits per heavy atom. The van der Waals surface area contributed by atoms with Gasteiger partial charge >= 0.3 is 0 Å². The number of aromatic nitrogens is 1. The number of nitrogens with one attached hydrogen (secondary N) is 1. The zero-order chi connectivity index (χ0) is 17.7. The Balaban J connectivity index is 2.24. The number of likely N-dealkylation sites (N-methyl/N-ethyl adjacent to an activating group) is 1. The number of rotatable bonds is 7. The second kappa shape index (κ2) is 8.32. The minimum Gasteiger partial charge on any atom is -0.376 e. The van der Waals surface area contributed by atoms with Gasteiger partial charge in [0, 0.05) is 12.3 Å². The molecule has 1 aromatic heterocycles. The molecule has 2 rings (SSSR count). The van der Waals surface area contributed by atoms with E-state index in [0.29, 0.717) is 24.5 Å². The molecule has 1 amide bonds. The zero-order valence-electron chi connectivity index (χ0n) is 15.2. The molecule has 1 saturated heterocycles. The Morgan fingerprint density at radius 3 is 2.67 bits per heavy atom. The molecule has 0 radical (unpaired) electrons. The van der Waals surface area contributed by atoms with E-state index in [2.05, 4.69) is 16.3 Å². The first kappa shape index (κ1) is 18.5. The zero-order valence-corrected chi connectivity index (χ0v) is 15.2. The summed E-state index contributed by atoms with van der Waals surface area (Å²) in [5.74, 6) is 0.529. The average molecular weight is 332 g/mol. The normalized spacial score (nSPS) is 17.2. The number of anilines is 1. The van der Waals surface area contributed by atoms with E-state index in [1.54, 1.807) is 0 Å². The lowest BCUT2D eigenvalue weighted by Crippen LogP contribution is -2.33. The van der Waals surface area contributed by atoms with Crippen LogP contribution >= 0.6 is 0 Å². The summed E-state index contributed by atoms with van der Waals surface area (Å²) in [5.41, 5.74) is 2.49. The highest BCUT2D eigenvalue weighted by Crippen LogP contribution is 2.28. The van der Waals surface area contributed by atoms with Gasteiger partial charge in [0.15, 0.2) is 0 Å². The van der Waals surface area contributed by atoms with E-state index < -0.39 is 0 Å². The Bertz CT molecular complexity index is 620. The van der Waals surface area contributed by atoms with Gasteiger partial charge in [-0.15, -0.1) is 0 Å². The van der Waals surface area contributed by atoms with Gasteiger partial charge in [0.05, 0.1) is 24.8 Å². The van der Waals surface area contributed by atoms with Crippen LogP contribution in [0.4, 0.5) is 5.82 Å². The van der Waals surface area contributed by atoms with Crippen molar-refractivity contribution in [1.82, 2.24) is 9.47 Å². The van der Waals surface area contributed by atoms with Crippen molar-refractivity contribution >= 4 is 11.7 Å². The lowest BCUT2D eigenvalue weighted by atomic mass is 10.2. The van der Waals surface area contributed by atoms with Crippen LogP contribution in [0.3, 0.4) is 0 Å². The molecule has 1 aliphatic heterocycles. The molecule has 0 saturated carbocycles. The molecule has 24 heavy (non-hydrogen) atoms. The maximum Gasteiger partial charge on any atom is 0.239 e. The lowest BCUT2D eigenvalue weighted by molar-refractivity contribution is -0.117. The Hall–Kier alpha value is -1.84. The quantitative estimate of drug-likeness (QED) is 0.832. The van der Waals surface area contributed by atoms with Crippen LogP contribution in [-0.4, -0.2) is 47.7 Å². The molecular formula is C18H28N4O2. The molecule has 0 aromatic carbocycles. The summed E-state index contributed by atoms with van der Waals surface area (Å²) in [6.07, 6.45) is 2.24. The standard InChI is InChI=1S/C18H28N4O2/c1-5-21(6-2)12-17(23)20-18-16(10-19)13(3)14(4)22(18)11-15-8-7-9-24-15/h15H,5-9,11-12H2,1-4H3,(H,20,23)/t15-/m1/s1. The topological polar surface area (TPSA) is 70.3 Å². The molecule has 0 spiro atoms. The van der Waals surface area contributed by atoms with Crippen LogP contribution in [0.5, 0.6) is 0 Å². The van der Waals surface area contributed by atoms with E-state index in [9.17, 15) is 10.1 Å². The van der Waals surface area contributed by atoms with Crippen LogP contribution in [-0.2, 0) is 16.1 Å². The number of hydrogen-bond acceptors (Lipinski definition) is 4. The fourth-order valence-electron chi connectivity index (χ4n) is 3.17. The fourth-order valence-corrected chi connectivity index (χ4v) is 3.17. The second-order valence-electron chi connectivity index (χ2n) is 6.30. The van der Waals surface area contributed by atoms with Gasteiger partial charge in [-0.25, -0.2) is 0 Å². The van der Waals surface area contributed by atoms with Crippen molar-refractivity contribution in [3.05, 3.63) is 16.8 Å². The molecule has 132 valence electrons. The largest absolute Gasteiger partial charge is 0.376 e. The Kier molecular flexibility index (Phi) is 6.41. The van der Waals surface area contributed by atoms with E-state index in [-0.39, 0.29) is 12.0 Å². The number of carbonyl (C=O) groups excluding carboxylic acids is 1. The average Bonchev–Trinajstić information content (AvgIpc) is 3.16. The van der Waals surface area contributed by atoms with E-state index >= 15 is 0 Å². The third kappa shape index (κ3) is 3.97. The minimum atomic E-state index is -0.0821. The van der Waals surface area contributed by atoms with Crippen molar-refractivity contribution in [2.75, 3.05) is 31.6 Å². The maximum atomic E-state index is 12.4. The van der Waals surface area contributed by atoms with Gasteiger partial charge < -0.3 is 14.6 Å². The maximum absolute atomic E-state index is 12.4. The highest BCUT2D eigenvalue weighted by molar-refractivity contribution is 5.93. The first-order valence-corrected chi connectivity index (χ1v) is 8.75. The van der Waals surface area contributed by atoms with Gasteiger partial charge in [-0.05, 0) is 45.3 Å². The SMILES string of the molecule is CCN(CC)CC(=O)Nc1c(C#N)c(C)c(C)n1C[C@H]1CCCO1. The van der Waals surface area contributed by atoms with Crippen molar-refractivity contribution in [1.29, 1.82) is 5.26 Å². The predicted octanol–water partition coefficient (Wildman–Crippen LogP) is 2.44. The second-order valence-corrected chi connectivity index (χ2v) is 6.30. The Labute approximate surface area is 144 Å². The van der Waals surface area contributed by atoms with Gasteiger partial charge in [-0.3, -0.25) is 9.69 Å². The Morgan fingerprint density at radius 2 is 2.12 bits per heavy atom. The van der Waals surface area contributed by atoms with Crippen molar-refractivity contribution in [2.45, 2.75) is 53.2 Å². The minimum absolute atomic E-state index is 0.0821. The molecule has 1 aliphatic rings. The monoisotopic (exact) mass is 332 g/mol. The molecule has 0 bridgehead atoms. The predicted molar refractivity (Wildman–Crippen MR) is 94.0 cm³/mol. The summed E-state index contributed by atoms with van der Waals surface area (Å²) >= 11 is 0. The molecule has 6 heteroatoms. The molecule has 2 heterocycles. The first-order valence-electron chi connectivity index (χ1n) is 8.75. The van der Waals surface area contributed by atoms with E-state index in [1.165, 1.54) is 0 Å². The van der Waals surface area contributed by atoms with Gasteiger partial charge in [0.2, 0.25) is 5.91 Å². The van der Waals surface area contributed by atoms with E-state index in [4.69, 9.17) is 4.74 Å². The summed E-state index contributed by atoms with van der Waals surface area (Å²) in [4.78, 5) is 14.5. The number of ether oxygens (including phenoxy) is 1. The summed E-state index contributed by atoms with van der Waals surface area (Å²) in [7, 11) is 0. The van der Waals surface area contributed by atoms with Crippen LogP contribution in [0, 0.1) is 25.2 Å². The number of hydrogen-bond donors (Lipinski definition) is 1. The molecule has 0 unspecified atom stereocenters. The third-order valence-corrected chi connectivity index (χ3v) is 4.87. The van der Waals surface area contributed by atoms with Crippen molar-refractivity contribution in [2.24, 2.45) is 0 Å². The third-order valence-electron chi connectivity index (χ3n) is 4.87. The highest BCUT2D eigenvalue weighted by atomic mass is 16.5. The van der Waals surface area contributed by atoms with Crippen molar-refractivity contribution in [3.8, 4) is 6.07 Å². The molecule has 1 aromatic rings. The molecule has 1 fully saturated rings. The summed E-state index contributed by atoms with van der Waals surface area (Å²) < 4.78 is 7.76. The molecular weight excluding hydrogens is 304 g/mol. The summed E-state index contributed by atoms with van der Waals surface area (Å²) in [6, 6.07) is 2.25. The first-order chi connectivity index (χ1) is 11.5. The van der Waals surface area contributed by atoms with E-state index in [0.717, 1.165) is 43.8 Å². The van der Waals surface area contributed by atoms with Crippen molar-refractivity contribution in [3.63, 3.8) is 0 Å². The van der Waals surface area contributed by atoms with Gasteiger partial charge in [0.25, 0.3) is 0 Å². The van der Waals surface area contributed by atoms with Crippen LogP contribution in [0.25, 0.3) is 0 Å². The number of carbonyl (C=O) groups is 1. The van der Waals surface area contributed by atoms with Crippen LogP contribution in [0.2, 0.25) is 0 Å². The van der Waals surface area contributed by atoms with Crippen LogP contribution in [0.15, 0.2) is 0 Å². The van der Waals surface area contributed by atoms with Crippen LogP contribution in [0.1, 0.15) is 43.5 Å². The highest BCUT2D eigenvalue weighted by Gasteiger charge is 2.24. The number of nitrogens with zero attached hydrogens (tertiary/aromatic N) is 3. The van der Waals surface area contributed by atoms with Gasteiger partial charge in [0.1, 0.15) is 11.9 Å². The number of nitriles is 1. The smallest absolute Gasteiger partial charge is 0.239 e. The molecule has 1 N–H and O–H groups in total. The summed E-state index contributed by atoms with van der Waals surface area (Å²) in [5, 5.41) is 12.5. The fraction of sp³-hybridized carbons (Fsp3) is 0.667. The molecule has 0 aliphatic carbocycles. The van der Waals surface area contributed by atoms with Gasteiger partial charge in [-0.1, -0.05) is 13.8 Å². The van der Waals surface area contributed by atoms with Gasteiger partial charge in [-0.2, -0.15) is 5.26 Å².